The van der Waals surface area contributed by atoms with Gasteiger partial charge in [0.1, 0.15) is 18.3 Å². The molecule has 0 bridgehead atoms. The Morgan fingerprint density at radius 2 is 2.35 bits per heavy atom. The van der Waals surface area contributed by atoms with Crippen molar-refractivity contribution in [1.29, 1.82) is 0 Å². The molecule has 0 saturated carbocycles. The highest BCUT2D eigenvalue weighted by atomic mass is 16.6. The van der Waals surface area contributed by atoms with E-state index in [2.05, 4.69) is 6.58 Å². The summed E-state index contributed by atoms with van der Waals surface area (Å²) in [6, 6.07) is -0.499. The van der Waals surface area contributed by atoms with E-state index in [-0.39, 0.29) is 12.5 Å². The van der Waals surface area contributed by atoms with Gasteiger partial charge in [0.25, 0.3) is 0 Å². The Morgan fingerprint density at radius 3 is 3.00 bits per heavy atom. The molecule has 3 heterocycles. The van der Waals surface area contributed by atoms with E-state index in [4.69, 9.17) is 9.47 Å². The van der Waals surface area contributed by atoms with Crippen LogP contribution in [0.25, 0.3) is 0 Å². The van der Waals surface area contributed by atoms with Crippen molar-refractivity contribution in [3.8, 4) is 0 Å². The Kier molecular flexibility index (Phi) is 3.72. The van der Waals surface area contributed by atoms with Gasteiger partial charge in [0, 0.05) is 13.6 Å². The van der Waals surface area contributed by atoms with Crippen molar-refractivity contribution in [2.24, 2.45) is 5.92 Å². The SMILES string of the molecule is C=CCOC(=O)N1CC(C)=C[C@]2(C)O[C@H]3[C@H](C(=O)N(C)[C@H]3O)[C@H]12. The number of rotatable bonds is 2. The number of carbonyl (C=O) groups excluding carboxylic acids is 2. The monoisotopic (exact) mass is 322 g/mol. The minimum absolute atomic E-state index is 0.104. The highest BCUT2D eigenvalue weighted by Crippen LogP contribution is 2.47. The van der Waals surface area contributed by atoms with E-state index in [0.717, 1.165) is 5.57 Å². The summed E-state index contributed by atoms with van der Waals surface area (Å²) in [7, 11) is 1.54. The van der Waals surface area contributed by atoms with Gasteiger partial charge in [0.15, 0.2) is 6.23 Å². The van der Waals surface area contributed by atoms with E-state index < -0.39 is 36.0 Å². The number of hydrogen-bond donors (Lipinski definition) is 1. The maximum Gasteiger partial charge on any atom is 0.410 e. The molecule has 0 aromatic rings. The summed E-state index contributed by atoms with van der Waals surface area (Å²) in [4.78, 5) is 27.8. The van der Waals surface area contributed by atoms with Crippen molar-refractivity contribution in [2.75, 3.05) is 20.2 Å². The predicted octanol–water partition coefficient (Wildman–Crippen LogP) is 0.504. The fourth-order valence-electron chi connectivity index (χ4n) is 4.00. The lowest BCUT2D eigenvalue weighted by Gasteiger charge is -2.42. The Balaban J connectivity index is 1.97. The molecule has 2 fully saturated rings. The lowest BCUT2D eigenvalue weighted by Crippen LogP contribution is -2.57. The first-order chi connectivity index (χ1) is 10.8. The number of amides is 2. The Morgan fingerprint density at radius 1 is 1.65 bits per heavy atom. The normalized spacial score (nSPS) is 39.0. The molecule has 0 spiro atoms. The van der Waals surface area contributed by atoms with E-state index in [1.165, 1.54) is 22.9 Å². The van der Waals surface area contributed by atoms with Crippen molar-refractivity contribution in [3.63, 3.8) is 0 Å². The maximum atomic E-state index is 12.5. The van der Waals surface area contributed by atoms with E-state index >= 15 is 0 Å². The predicted molar refractivity (Wildman–Crippen MR) is 81.3 cm³/mol. The Labute approximate surface area is 135 Å². The highest BCUT2D eigenvalue weighted by molar-refractivity contribution is 5.85. The molecule has 2 saturated heterocycles. The van der Waals surface area contributed by atoms with Crippen molar-refractivity contribution in [2.45, 2.75) is 37.8 Å². The third-order valence-corrected chi connectivity index (χ3v) is 4.84. The van der Waals surface area contributed by atoms with Crippen LogP contribution < -0.4 is 0 Å². The van der Waals surface area contributed by atoms with Gasteiger partial charge in [-0.1, -0.05) is 24.3 Å². The third-order valence-electron chi connectivity index (χ3n) is 4.84. The molecule has 0 aromatic heterocycles. The second kappa shape index (κ2) is 5.35. The van der Waals surface area contributed by atoms with Gasteiger partial charge in [-0.25, -0.2) is 4.79 Å². The van der Waals surface area contributed by atoms with Crippen LogP contribution in [-0.4, -0.2) is 71.1 Å². The Bertz CT molecular complexity index is 589. The molecular formula is C16H22N2O5. The Hall–Kier alpha value is -1.86. The highest BCUT2D eigenvalue weighted by Gasteiger charge is 2.65. The second-order valence-electron chi connectivity index (χ2n) is 6.58. The molecule has 7 nitrogen and oxygen atoms in total. The molecule has 0 radical (unpaired) electrons. The number of carbonyl (C=O) groups is 2. The summed E-state index contributed by atoms with van der Waals surface area (Å²) in [5.74, 6) is -0.814. The van der Waals surface area contributed by atoms with Gasteiger partial charge >= 0.3 is 6.09 Å². The average molecular weight is 322 g/mol. The molecule has 126 valence electrons. The molecule has 0 unspecified atom stereocenters. The first kappa shape index (κ1) is 16.0. The number of aliphatic hydroxyl groups is 1. The fraction of sp³-hybridized carbons (Fsp3) is 0.625. The van der Waals surface area contributed by atoms with Crippen LogP contribution >= 0.6 is 0 Å². The lowest BCUT2D eigenvalue weighted by atomic mass is 9.82. The summed E-state index contributed by atoms with van der Waals surface area (Å²) in [5.41, 5.74) is 0.137. The number of likely N-dealkylation sites (N-methyl/N-ethyl adjacent to an activating group) is 1. The van der Waals surface area contributed by atoms with Crippen molar-refractivity contribution >= 4 is 12.0 Å². The van der Waals surface area contributed by atoms with Crippen LogP contribution in [0, 0.1) is 5.92 Å². The van der Waals surface area contributed by atoms with Gasteiger partial charge in [0.2, 0.25) is 5.91 Å². The number of fused-ring (bicyclic) bond motifs is 3. The smallest absolute Gasteiger partial charge is 0.410 e. The molecule has 5 atom stereocenters. The summed E-state index contributed by atoms with van der Waals surface area (Å²) < 4.78 is 11.2. The quantitative estimate of drug-likeness (QED) is 0.749. The van der Waals surface area contributed by atoms with Gasteiger partial charge in [-0.05, 0) is 13.8 Å². The minimum Gasteiger partial charge on any atom is -0.445 e. The first-order valence-corrected chi connectivity index (χ1v) is 7.65. The average Bonchev–Trinajstić information content (AvgIpc) is 2.90. The van der Waals surface area contributed by atoms with Gasteiger partial charge < -0.3 is 19.5 Å². The van der Waals surface area contributed by atoms with Crippen LogP contribution in [0.5, 0.6) is 0 Å². The molecule has 1 N–H and O–H groups in total. The van der Waals surface area contributed by atoms with Crippen LogP contribution in [0.3, 0.4) is 0 Å². The number of ether oxygens (including phenoxy) is 2. The van der Waals surface area contributed by atoms with E-state index in [9.17, 15) is 14.7 Å². The topological polar surface area (TPSA) is 79.3 Å². The molecule has 3 aliphatic rings. The van der Waals surface area contributed by atoms with Gasteiger partial charge in [0.05, 0.1) is 12.0 Å². The van der Waals surface area contributed by atoms with Crippen LogP contribution in [-0.2, 0) is 14.3 Å². The van der Waals surface area contributed by atoms with Gasteiger partial charge in [-0.15, -0.1) is 0 Å². The van der Waals surface area contributed by atoms with Crippen LogP contribution in [0.2, 0.25) is 0 Å². The van der Waals surface area contributed by atoms with E-state index in [1.807, 2.05) is 19.9 Å². The van der Waals surface area contributed by atoms with E-state index in [0.29, 0.717) is 6.54 Å². The maximum absolute atomic E-state index is 12.5. The zero-order valence-electron chi connectivity index (χ0n) is 13.6. The summed E-state index contributed by atoms with van der Waals surface area (Å²) >= 11 is 0. The molecule has 23 heavy (non-hydrogen) atoms. The van der Waals surface area contributed by atoms with Crippen LogP contribution in [0.1, 0.15) is 13.8 Å². The lowest BCUT2D eigenvalue weighted by molar-refractivity contribution is -0.140. The number of hydrogen-bond acceptors (Lipinski definition) is 5. The standard InChI is InChI=1S/C16H22N2O5/c1-5-6-22-15(21)18-8-9(2)7-16(3)12(18)10-11(23-16)14(20)17(4)13(10)19/h5,7,10-12,14,20H,1,6,8H2,2-4H3/t10-,11-,12-,14-,16-/m0/s1. The van der Waals surface area contributed by atoms with E-state index in [1.54, 1.807) is 0 Å². The molecule has 3 aliphatic heterocycles. The first-order valence-electron chi connectivity index (χ1n) is 7.65. The largest absolute Gasteiger partial charge is 0.445 e. The molecule has 3 rings (SSSR count). The second-order valence-corrected chi connectivity index (χ2v) is 6.58. The molecule has 7 heteroatoms. The zero-order chi connectivity index (χ0) is 16.9. The molecule has 0 aliphatic carbocycles. The van der Waals surface area contributed by atoms with Crippen molar-refractivity contribution in [1.82, 2.24) is 9.80 Å². The molecular weight excluding hydrogens is 300 g/mol. The third kappa shape index (κ3) is 2.26. The number of nitrogens with zero attached hydrogens (tertiary/aromatic N) is 2. The molecule has 0 aromatic carbocycles. The summed E-state index contributed by atoms with van der Waals surface area (Å²) in [5, 5.41) is 10.2. The van der Waals surface area contributed by atoms with Gasteiger partial charge in [-0.2, -0.15) is 0 Å². The minimum atomic E-state index is -1.00. The summed E-state index contributed by atoms with van der Waals surface area (Å²) in [6.45, 7) is 7.75. The zero-order valence-corrected chi connectivity index (χ0v) is 13.6. The van der Waals surface area contributed by atoms with Crippen LogP contribution in [0.4, 0.5) is 4.79 Å². The van der Waals surface area contributed by atoms with Crippen molar-refractivity contribution in [3.05, 3.63) is 24.3 Å². The number of likely N-dealkylation sites (tertiary alicyclic amines) is 1. The molecule has 2 amide bonds. The summed E-state index contributed by atoms with van der Waals surface area (Å²) in [6.07, 6.45) is 1.27. The van der Waals surface area contributed by atoms with Gasteiger partial charge in [-0.3, -0.25) is 9.69 Å². The van der Waals surface area contributed by atoms with Crippen molar-refractivity contribution < 1.29 is 24.2 Å². The van der Waals surface area contributed by atoms with Crippen LogP contribution in [0.15, 0.2) is 24.3 Å². The fourth-order valence-corrected chi connectivity index (χ4v) is 4.00. The number of aliphatic hydroxyl groups excluding tert-OH is 1.